The van der Waals surface area contributed by atoms with Crippen molar-refractivity contribution in [3.8, 4) is 6.07 Å². The number of aromatic nitrogens is 1. The predicted octanol–water partition coefficient (Wildman–Crippen LogP) is 2.53. The lowest BCUT2D eigenvalue weighted by molar-refractivity contribution is 0.0696. The minimum atomic E-state index is -0.984. The molecule has 0 bridgehead atoms. The molecule has 1 rings (SSSR count). The Morgan fingerprint density at radius 2 is 2.16 bits per heavy atom. The van der Waals surface area contributed by atoms with Crippen LogP contribution in [0.25, 0.3) is 0 Å². The third-order valence-electron chi connectivity index (χ3n) is 2.90. The number of pyridine rings is 1. The van der Waals surface area contributed by atoms with E-state index in [0.29, 0.717) is 24.3 Å². The van der Waals surface area contributed by atoms with Crippen molar-refractivity contribution in [1.82, 2.24) is 4.98 Å². The molecule has 1 aromatic rings. The first kappa shape index (κ1) is 15.0. The molecule has 0 aliphatic carbocycles. The van der Waals surface area contributed by atoms with Crippen LogP contribution < -0.4 is 4.90 Å². The Morgan fingerprint density at radius 1 is 1.53 bits per heavy atom. The van der Waals surface area contributed by atoms with Gasteiger partial charge in [-0.3, -0.25) is 0 Å². The van der Waals surface area contributed by atoms with Gasteiger partial charge in [-0.25, -0.2) is 9.78 Å². The largest absolute Gasteiger partial charge is 0.478 e. The third-order valence-corrected chi connectivity index (χ3v) is 2.90. The fourth-order valence-electron chi connectivity index (χ4n) is 2.07. The Hall–Kier alpha value is -2.09. The number of carbonyl (C=O) groups is 1. The molecule has 19 heavy (non-hydrogen) atoms. The lowest BCUT2D eigenvalue weighted by atomic mass is 10.1. The first-order valence-electron chi connectivity index (χ1n) is 6.23. The van der Waals surface area contributed by atoms with Gasteiger partial charge >= 0.3 is 5.97 Å². The van der Waals surface area contributed by atoms with Gasteiger partial charge < -0.3 is 10.0 Å². The van der Waals surface area contributed by atoms with Crippen LogP contribution in [0.4, 0.5) is 5.82 Å². The molecule has 5 nitrogen and oxygen atoms in total. The van der Waals surface area contributed by atoms with E-state index >= 15 is 0 Å². The molecule has 102 valence electrons. The van der Waals surface area contributed by atoms with Crippen molar-refractivity contribution in [3.63, 3.8) is 0 Å². The number of carboxylic acids is 1. The Morgan fingerprint density at radius 3 is 2.63 bits per heavy atom. The van der Waals surface area contributed by atoms with E-state index in [9.17, 15) is 9.90 Å². The predicted molar refractivity (Wildman–Crippen MR) is 73.4 cm³/mol. The third kappa shape index (κ3) is 3.44. The quantitative estimate of drug-likeness (QED) is 0.881. The monoisotopic (exact) mass is 261 g/mol. The molecule has 5 heteroatoms. The number of rotatable bonds is 5. The summed E-state index contributed by atoms with van der Waals surface area (Å²) in [7, 11) is 0. The van der Waals surface area contributed by atoms with E-state index in [1.54, 1.807) is 13.0 Å². The minimum absolute atomic E-state index is 0.0835. The van der Waals surface area contributed by atoms with Gasteiger partial charge in [-0.15, -0.1) is 0 Å². The van der Waals surface area contributed by atoms with E-state index in [2.05, 4.69) is 11.1 Å². The fourth-order valence-corrected chi connectivity index (χ4v) is 2.07. The van der Waals surface area contributed by atoms with Crippen molar-refractivity contribution >= 4 is 11.8 Å². The van der Waals surface area contributed by atoms with Gasteiger partial charge in [-0.05, 0) is 39.3 Å². The summed E-state index contributed by atoms with van der Waals surface area (Å²) in [4.78, 5) is 17.7. The van der Waals surface area contributed by atoms with E-state index in [-0.39, 0.29) is 11.6 Å². The van der Waals surface area contributed by atoms with Crippen molar-refractivity contribution in [1.29, 1.82) is 5.26 Å². The molecule has 1 aromatic heterocycles. The standard InChI is InChI=1S/C14H19N3O2/c1-9(2)17(7-5-6-15)13-12(14(18)19)10(3)8-11(4)16-13/h8-9H,5,7H2,1-4H3,(H,18,19). The number of hydrogen-bond donors (Lipinski definition) is 1. The molecular weight excluding hydrogens is 242 g/mol. The summed E-state index contributed by atoms with van der Waals surface area (Å²) in [6, 6.07) is 3.93. The summed E-state index contributed by atoms with van der Waals surface area (Å²) in [5, 5.41) is 18.1. The highest BCUT2D eigenvalue weighted by Gasteiger charge is 2.22. The van der Waals surface area contributed by atoms with Gasteiger partial charge in [0, 0.05) is 18.3 Å². The Kier molecular flexibility index (Phi) is 4.87. The molecular formula is C14H19N3O2. The molecule has 0 amide bonds. The first-order valence-corrected chi connectivity index (χ1v) is 6.23. The average Bonchev–Trinajstić information content (AvgIpc) is 2.27. The molecule has 0 spiro atoms. The second kappa shape index (κ2) is 6.19. The minimum Gasteiger partial charge on any atom is -0.478 e. The molecule has 0 aromatic carbocycles. The normalized spacial score (nSPS) is 10.3. The molecule has 0 saturated carbocycles. The van der Waals surface area contributed by atoms with Crippen molar-refractivity contribution in [2.45, 2.75) is 40.2 Å². The van der Waals surface area contributed by atoms with Crippen LogP contribution in [0.1, 0.15) is 41.9 Å². The van der Waals surface area contributed by atoms with Crippen molar-refractivity contribution in [2.24, 2.45) is 0 Å². The average molecular weight is 261 g/mol. The fraction of sp³-hybridized carbons (Fsp3) is 0.500. The number of anilines is 1. The van der Waals surface area contributed by atoms with Crippen molar-refractivity contribution in [3.05, 3.63) is 22.9 Å². The van der Waals surface area contributed by atoms with Crippen LogP contribution in [0, 0.1) is 25.2 Å². The summed E-state index contributed by atoms with van der Waals surface area (Å²) < 4.78 is 0. The number of nitrogens with zero attached hydrogens (tertiary/aromatic N) is 3. The highest BCUT2D eigenvalue weighted by atomic mass is 16.4. The number of aromatic carboxylic acids is 1. The summed E-state index contributed by atoms with van der Waals surface area (Å²) in [5.74, 6) is -0.530. The van der Waals surface area contributed by atoms with Crippen LogP contribution >= 0.6 is 0 Å². The highest BCUT2D eigenvalue weighted by Crippen LogP contribution is 2.24. The molecule has 0 unspecified atom stereocenters. The zero-order valence-electron chi connectivity index (χ0n) is 11.8. The van der Waals surface area contributed by atoms with Crippen molar-refractivity contribution < 1.29 is 9.90 Å². The number of carboxylic acid groups (broad SMARTS) is 1. The van der Waals surface area contributed by atoms with Gasteiger partial charge in [-0.2, -0.15) is 5.26 Å². The highest BCUT2D eigenvalue weighted by molar-refractivity contribution is 5.95. The maximum atomic E-state index is 11.4. The Bertz CT molecular complexity index is 518. The van der Waals surface area contributed by atoms with Gasteiger partial charge in [-0.1, -0.05) is 0 Å². The van der Waals surface area contributed by atoms with E-state index < -0.39 is 5.97 Å². The Balaban J connectivity index is 3.36. The van der Waals surface area contributed by atoms with Crippen LogP contribution in [0.2, 0.25) is 0 Å². The molecule has 0 aliphatic rings. The number of aryl methyl sites for hydroxylation is 2. The van der Waals surface area contributed by atoms with Crippen LogP contribution in [0.3, 0.4) is 0 Å². The Labute approximate surface area is 113 Å². The van der Waals surface area contributed by atoms with E-state index in [1.807, 2.05) is 25.7 Å². The number of nitriles is 1. The van der Waals surface area contributed by atoms with E-state index in [1.165, 1.54) is 0 Å². The zero-order valence-corrected chi connectivity index (χ0v) is 11.8. The molecule has 0 radical (unpaired) electrons. The maximum Gasteiger partial charge on any atom is 0.339 e. The summed E-state index contributed by atoms with van der Waals surface area (Å²) in [6.45, 7) is 8.00. The van der Waals surface area contributed by atoms with E-state index in [0.717, 1.165) is 5.69 Å². The maximum absolute atomic E-state index is 11.4. The first-order chi connectivity index (χ1) is 8.88. The smallest absolute Gasteiger partial charge is 0.339 e. The zero-order chi connectivity index (χ0) is 14.6. The summed E-state index contributed by atoms with van der Waals surface area (Å²) >= 11 is 0. The van der Waals surface area contributed by atoms with Gasteiger partial charge in [0.2, 0.25) is 0 Å². The molecule has 1 N–H and O–H groups in total. The van der Waals surface area contributed by atoms with Crippen LogP contribution in [0.5, 0.6) is 0 Å². The molecule has 0 atom stereocenters. The molecule has 1 heterocycles. The van der Waals surface area contributed by atoms with Gasteiger partial charge in [0.05, 0.1) is 12.5 Å². The topological polar surface area (TPSA) is 77.2 Å². The van der Waals surface area contributed by atoms with Gasteiger partial charge in [0.1, 0.15) is 11.4 Å². The van der Waals surface area contributed by atoms with Crippen LogP contribution in [-0.2, 0) is 0 Å². The molecule has 0 fully saturated rings. The lowest BCUT2D eigenvalue weighted by Gasteiger charge is -2.29. The van der Waals surface area contributed by atoms with E-state index in [4.69, 9.17) is 5.26 Å². The summed E-state index contributed by atoms with van der Waals surface area (Å²) in [5.41, 5.74) is 1.69. The SMILES string of the molecule is Cc1cc(C)c(C(=O)O)c(N(CCC#N)C(C)C)n1. The van der Waals surface area contributed by atoms with Crippen LogP contribution in [0.15, 0.2) is 6.07 Å². The molecule has 0 saturated heterocycles. The number of hydrogen-bond acceptors (Lipinski definition) is 4. The summed E-state index contributed by atoms with van der Waals surface area (Å²) in [6.07, 6.45) is 0.339. The second-order valence-electron chi connectivity index (χ2n) is 4.78. The van der Waals surface area contributed by atoms with Crippen LogP contribution in [-0.4, -0.2) is 28.6 Å². The molecule has 0 aliphatic heterocycles. The van der Waals surface area contributed by atoms with Crippen molar-refractivity contribution in [2.75, 3.05) is 11.4 Å². The second-order valence-corrected chi connectivity index (χ2v) is 4.78. The van der Waals surface area contributed by atoms with Gasteiger partial charge in [0.15, 0.2) is 0 Å². The lowest BCUT2D eigenvalue weighted by Crippen LogP contribution is -2.34. The van der Waals surface area contributed by atoms with Gasteiger partial charge in [0.25, 0.3) is 0 Å².